The summed E-state index contributed by atoms with van der Waals surface area (Å²) in [4.78, 5) is 14.1. The summed E-state index contributed by atoms with van der Waals surface area (Å²) in [6, 6.07) is 3.29. The van der Waals surface area contributed by atoms with Crippen molar-refractivity contribution in [3.8, 4) is 0 Å². The second-order valence-corrected chi connectivity index (χ2v) is 3.81. The van der Waals surface area contributed by atoms with Crippen molar-refractivity contribution >= 4 is 16.0 Å². The quantitative estimate of drug-likeness (QED) is 0.628. The number of amides is 1. The molecule has 1 amide bonds. The summed E-state index contributed by atoms with van der Waals surface area (Å²) < 4.78 is 25.9. The van der Waals surface area contributed by atoms with Gasteiger partial charge in [0.1, 0.15) is 0 Å². The Kier molecular flexibility index (Phi) is 4.74. The van der Waals surface area contributed by atoms with Crippen LogP contribution in [-0.2, 0) is 10.1 Å². The molecule has 0 saturated carbocycles. The van der Waals surface area contributed by atoms with Crippen LogP contribution in [0.4, 0.5) is 0 Å². The molecule has 78 valence electrons. The van der Waals surface area contributed by atoms with Gasteiger partial charge in [-0.2, -0.15) is 8.42 Å². The van der Waals surface area contributed by atoms with Gasteiger partial charge in [-0.05, 0) is 12.1 Å². The molecule has 0 aliphatic rings. The Morgan fingerprint density at radius 3 is 2.29 bits per heavy atom. The number of nitrogens with two attached hydrogens (primary N) is 1. The van der Waals surface area contributed by atoms with Gasteiger partial charge in [-0.25, -0.2) is 0 Å². The van der Waals surface area contributed by atoms with Crippen LogP contribution in [0.1, 0.15) is 10.4 Å². The molecule has 14 heavy (non-hydrogen) atoms. The second kappa shape index (κ2) is 5.30. The van der Waals surface area contributed by atoms with E-state index in [1.807, 2.05) is 0 Å². The SMILES string of the molecule is CS(=O)(=O)O.NC(=O)c1cccnc1. The number of hydrogen-bond acceptors (Lipinski definition) is 4. The number of carbonyl (C=O) groups excluding carboxylic acids is 1. The highest BCUT2D eigenvalue weighted by Crippen LogP contribution is 1.91. The van der Waals surface area contributed by atoms with Crippen LogP contribution >= 0.6 is 0 Å². The van der Waals surface area contributed by atoms with Crippen molar-refractivity contribution in [1.82, 2.24) is 4.98 Å². The van der Waals surface area contributed by atoms with E-state index < -0.39 is 16.0 Å². The zero-order valence-corrected chi connectivity index (χ0v) is 8.23. The molecule has 1 aromatic rings. The van der Waals surface area contributed by atoms with Crippen molar-refractivity contribution in [2.24, 2.45) is 5.73 Å². The van der Waals surface area contributed by atoms with Crippen LogP contribution in [-0.4, -0.2) is 30.1 Å². The van der Waals surface area contributed by atoms with Crippen molar-refractivity contribution in [1.29, 1.82) is 0 Å². The first-order chi connectivity index (χ1) is 6.30. The Morgan fingerprint density at radius 2 is 2.07 bits per heavy atom. The van der Waals surface area contributed by atoms with Crippen molar-refractivity contribution < 1.29 is 17.8 Å². The Hall–Kier alpha value is -1.47. The van der Waals surface area contributed by atoms with Gasteiger partial charge < -0.3 is 5.73 Å². The van der Waals surface area contributed by atoms with Gasteiger partial charge in [-0.15, -0.1) is 0 Å². The summed E-state index contributed by atoms with van der Waals surface area (Å²) >= 11 is 0. The van der Waals surface area contributed by atoms with Crippen LogP contribution in [0.3, 0.4) is 0 Å². The van der Waals surface area contributed by atoms with Crippen LogP contribution in [0, 0.1) is 0 Å². The third kappa shape index (κ3) is 8.62. The molecule has 0 radical (unpaired) electrons. The van der Waals surface area contributed by atoms with Crippen LogP contribution in [0.25, 0.3) is 0 Å². The minimum Gasteiger partial charge on any atom is -0.366 e. The number of primary amides is 1. The Labute approximate surface area is 81.5 Å². The van der Waals surface area contributed by atoms with Crippen molar-refractivity contribution in [3.05, 3.63) is 30.1 Å². The lowest BCUT2D eigenvalue weighted by Gasteiger charge is -1.88. The Bertz CT molecular complexity index is 379. The predicted octanol–water partition coefficient (Wildman–Crippen LogP) is -0.315. The first-order valence-electron chi connectivity index (χ1n) is 3.43. The molecule has 3 N–H and O–H groups in total. The highest BCUT2D eigenvalue weighted by molar-refractivity contribution is 7.85. The van der Waals surface area contributed by atoms with E-state index in [1.165, 1.54) is 6.20 Å². The number of pyridine rings is 1. The first-order valence-corrected chi connectivity index (χ1v) is 5.28. The summed E-state index contributed by atoms with van der Waals surface area (Å²) in [7, 11) is -3.67. The molecule has 7 heteroatoms. The lowest BCUT2D eigenvalue weighted by atomic mass is 10.3. The van der Waals surface area contributed by atoms with Gasteiger partial charge >= 0.3 is 0 Å². The maximum absolute atomic E-state index is 10.4. The van der Waals surface area contributed by atoms with Gasteiger partial charge in [-0.3, -0.25) is 14.3 Å². The van der Waals surface area contributed by atoms with E-state index in [2.05, 4.69) is 4.98 Å². The fourth-order valence-corrected chi connectivity index (χ4v) is 0.509. The van der Waals surface area contributed by atoms with Crippen molar-refractivity contribution in [3.63, 3.8) is 0 Å². The lowest BCUT2D eigenvalue weighted by molar-refractivity contribution is 0.1000. The maximum atomic E-state index is 10.4. The molecule has 1 rings (SSSR count). The number of hydrogen-bond donors (Lipinski definition) is 2. The van der Waals surface area contributed by atoms with E-state index in [-0.39, 0.29) is 0 Å². The third-order valence-electron chi connectivity index (χ3n) is 0.946. The molecule has 1 heterocycles. The monoisotopic (exact) mass is 218 g/mol. The molecular weight excluding hydrogens is 208 g/mol. The van der Waals surface area contributed by atoms with E-state index in [1.54, 1.807) is 18.3 Å². The average molecular weight is 218 g/mol. The molecule has 0 aliphatic carbocycles. The number of rotatable bonds is 1. The minimum atomic E-state index is -3.67. The molecule has 0 fully saturated rings. The van der Waals surface area contributed by atoms with E-state index in [0.29, 0.717) is 11.8 Å². The molecule has 0 aliphatic heterocycles. The topological polar surface area (TPSA) is 110 Å². The third-order valence-corrected chi connectivity index (χ3v) is 0.946. The molecule has 6 nitrogen and oxygen atoms in total. The summed E-state index contributed by atoms with van der Waals surface area (Å²) in [6.07, 6.45) is 3.74. The Balaban J connectivity index is 0.000000292. The van der Waals surface area contributed by atoms with Gasteiger partial charge in [0.15, 0.2) is 0 Å². The smallest absolute Gasteiger partial charge is 0.261 e. The largest absolute Gasteiger partial charge is 0.366 e. The fourth-order valence-electron chi connectivity index (χ4n) is 0.509. The summed E-state index contributed by atoms with van der Waals surface area (Å²) in [5, 5.41) is 0. The van der Waals surface area contributed by atoms with Crippen LogP contribution in [0.5, 0.6) is 0 Å². The van der Waals surface area contributed by atoms with Gasteiger partial charge in [-0.1, -0.05) is 0 Å². The molecule has 0 saturated heterocycles. The first kappa shape index (κ1) is 12.5. The van der Waals surface area contributed by atoms with E-state index in [4.69, 9.17) is 10.3 Å². The van der Waals surface area contributed by atoms with Crippen LogP contribution < -0.4 is 5.73 Å². The zero-order valence-electron chi connectivity index (χ0n) is 7.41. The average Bonchev–Trinajstić information content (AvgIpc) is 2.03. The van der Waals surface area contributed by atoms with Gasteiger partial charge in [0.05, 0.1) is 11.8 Å². The minimum absolute atomic E-state index is 0.442. The van der Waals surface area contributed by atoms with Crippen LogP contribution in [0.15, 0.2) is 24.5 Å². The second-order valence-electron chi connectivity index (χ2n) is 2.34. The molecule has 0 aromatic carbocycles. The molecule has 0 spiro atoms. The summed E-state index contributed by atoms with van der Waals surface area (Å²) in [5.74, 6) is -0.442. The number of nitrogens with zero attached hydrogens (tertiary/aromatic N) is 1. The molecule has 0 atom stereocenters. The summed E-state index contributed by atoms with van der Waals surface area (Å²) in [5.41, 5.74) is 5.38. The lowest BCUT2D eigenvalue weighted by Crippen LogP contribution is -2.10. The van der Waals surface area contributed by atoms with Gasteiger partial charge in [0.25, 0.3) is 10.1 Å². The standard InChI is InChI=1S/C6H6N2O.CH4O3S/c7-6(9)5-2-1-3-8-4-5;1-5(2,3)4/h1-4H,(H2,7,9);1H3,(H,2,3,4). The van der Waals surface area contributed by atoms with Crippen molar-refractivity contribution in [2.45, 2.75) is 0 Å². The Morgan fingerprint density at radius 1 is 1.57 bits per heavy atom. The van der Waals surface area contributed by atoms with Gasteiger partial charge in [0, 0.05) is 12.4 Å². The fraction of sp³-hybridized carbons (Fsp3) is 0.143. The number of aromatic nitrogens is 1. The molecule has 0 unspecified atom stereocenters. The predicted molar refractivity (Wildman–Crippen MR) is 50.2 cm³/mol. The number of carbonyl (C=O) groups is 1. The highest BCUT2D eigenvalue weighted by Gasteiger charge is 1.94. The highest BCUT2D eigenvalue weighted by atomic mass is 32.2. The van der Waals surface area contributed by atoms with E-state index >= 15 is 0 Å². The molecule has 1 aromatic heterocycles. The van der Waals surface area contributed by atoms with E-state index in [0.717, 1.165) is 0 Å². The van der Waals surface area contributed by atoms with Gasteiger partial charge in [0.2, 0.25) is 5.91 Å². The maximum Gasteiger partial charge on any atom is 0.261 e. The van der Waals surface area contributed by atoms with Crippen molar-refractivity contribution in [2.75, 3.05) is 6.26 Å². The molecule has 0 bridgehead atoms. The summed E-state index contributed by atoms with van der Waals surface area (Å²) in [6.45, 7) is 0. The van der Waals surface area contributed by atoms with Crippen LogP contribution in [0.2, 0.25) is 0 Å². The normalized spacial score (nSPS) is 9.86. The molecular formula is C7H10N2O4S. The zero-order chi connectivity index (χ0) is 11.2. The van der Waals surface area contributed by atoms with E-state index in [9.17, 15) is 13.2 Å².